The minimum atomic E-state index is 0.586. The van der Waals surface area contributed by atoms with Gasteiger partial charge in [0.15, 0.2) is 0 Å². The number of aliphatic imine (C=N–C) groups is 1. The molecule has 0 aromatic carbocycles. The van der Waals surface area contributed by atoms with Gasteiger partial charge in [0, 0.05) is 30.3 Å². The molecule has 0 radical (unpaired) electrons. The fraction of sp³-hybridized carbons (Fsp3) is 0.500. The first-order valence-corrected chi connectivity index (χ1v) is 8.86. The molecule has 3 nitrogen and oxygen atoms in total. The third-order valence-electron chi connectivity index (χ3n) is 3.79. The second-order valence-corrected chi connectivity index (χ2v) is 6.94. The molecule has 0 aliphatic carbocycles. The Morgan fingerprint density at radius 2 is 1.40 bits per heavy atom. The number of hydrogen-bond donors (Lipinski definition) is 0. The molecule has 0 aliphatic rings. The predicted octanol–water partition coefficient (Wildman–Crippen LogP) is 5.96. The fourth-order valence-electron chi connectivity index (χ4n) is 2.58. The summed E-state index contributed by atoms with van der Waals surface area (Å²) in [6.45, 7) is 20.2. The number of rotatable bonds is 2. The molecule has 0 spiro atoms. The van der Waals surface area contributed by atoms with Crippen LogP contribution in [0, 0.1) is 27.7 Å². The van der Waals surface area contributed by atoms with Crippen LogP contribution in [-0.2, 0) is 0 Å². The summed E-state index contributed by atoms with van der Waals surface area (Å²) in [5.41, 5.74) is 7.45. The Kier molecular flexibility index (Phi) is 10.6. The number of aromatic nitrogens is 2. The molecule has 2 rings (SSSR count). The Morgan fingerprint density at radius 3 is 1.80 bits per heavy atom. The zero-order valence-corrected chi connectivity index (χ0v) is 17.5. The summed E-state index contributed by atoms with van der Waals surface area (Å²) >= 11 is 0. The number of hydrogen-bond acceptors (Lipinski definition) is 3. The third-order valence-corrected chi connectivity index (χ3v) is 3.79. The van der Waals surface area contributed by atoms with E-state index in [-0.39, 0.29) is 0 Å². The zero-order chi connectivity index (χ0) is 19.6. The quantitative estimate of drug-likeness (QED) is 0.632. The lowest BCUT2D eigenvalue weighted by molar-refractivity contribution is 0.839. The lowest BCUT2D eigenvalue weighted by Crippen LogP contribution is -1.95. The molecule has 0 N–H and O–H groups in total. The van der Waals surface area contributed by atoms with E-state index in [4.69, 9.17) is 0 Å². The minimum Gasteiger partial charge on any atom is -0.304 e. The van der Waals surface area contributed by atoms with Crippen molar-refractivity contribution in [2.45, 2.75) is 67.2 Å². The Hall–Kier alpha value is -2.03. The summed E-state index contributed by atoms with van der Waals surface area (Å²) < 4.78 is 0. The third kappa shape index (κ3) is 8.57. The van der Waals surface area contributed by atoms with E-state index in [2.05, 4.69) is 81.4 Å². The highest BCUT2D eigenvalue weighted by Crippen LogP contribution is 2.18. The number of nitrogens with zero attached hydrogens (tertiary/aromatic N) is 3. The first-order valence-electron chi connectivity index (χ1n) is 8.86. The Bertz CT molecular complexity index is 658. The SMILES string of the molecule is C=NC.Cc1cc(C(C)C)c(C)cn1.Cc1ccc(C(C)C)c(C)n1. The maximum Gasteiger partial charge on any atom is 0.0410 e. The Balaban J connectivity index is 0.000000399. The van der Waals surface area contributed by atoms with Gasteiger partial charge in [-0.1, -0.05) is 33.8 Å². The van der Waals surface area contributed by atoms with Crippen LogP contribution in [0.25, 0.3) is 0 Å². The molecule has 0 atom stereocenters. The van der Waals surface area contributed by atoms with Crippen molar-refractivity contribution in [3.8, 4) is 0 Å². The van der Waals surface area contributed by atoms with Crippen LogP contribution in [0.3, 0.4) is 0 Å². The summed E-state index contributed by atoms with van der Waals surface area (Å²) in [5, 5.41) is 0. The van der Waals surface area contributed by atoms with Crippen LogP contribution in [0.15, 0.2) is 29.4 Å². The van der Waals surface area contributed by atoms with E-state index in [0.29, 0.717) is 11.8 Å². The molecule has 0 aliphatic heterocycles. The molecule has 2 aromatic rings. The molecule has 3 heteroatoms. The maximum atomic E-state index is 4.39. The monoisotopic (exact) mass is 341 g/mol. The van der Waals surface area contributed by atoms with E-state index in [1.165, 1.54) is 22.4 Å². The average molecular weight is 342 g/mol. The highest BCUT2D eigenvalue weighted by Gasteiger charge is 2.03. The lowest BCUT2D eigenvalue weighted by Gasteiger charge is -2.08. The normalized spacial score (nSPS) is 9.88. The smallest absolute Gasteiger partial charge is 0.0410 e. The van der Waals surface area contributed by atoms with Crippen LogP contribution < -0.4 is 0 Å². The van der Waals surface area contributed by atoms with Gasteiger partial charge in [-0.3, -0.25) is 9.97 Å². The molecule has 2 aromatic heterocycles. The predicted molar refractivity (Wildman–Crippen MR) is 111 cm³/mol. The van der Waals surface area contributed by atoms with Crippen molar-refractivity contribution in [3.63, 3.8) is 0 Å². The Labute approximate surface area is 154 Å². The molecule has 0 bridgehead atoms. The van der Waals surface area contributed by atoms with E-state index in [0.717, 1.165) is 11.4 Å². The molecular weight excluding hydrogens is 306 g/mol. The largest absolute Gasteiger partial charge is 0.304 e. The molecule has 0 amide bonds. The highest BCUT2D eigenvalue weighted by molar-refractivity contribution is 5.27. The van der Waals surface area contributed by atoms with Crippen molar-refractivity contribution < 1.29 is 0 Å². The molecular formula is C22H35N3. The van der Waals surface area contributed by atoms with E-state index >= 15 is 0 Å². The molecule has 2 heterocycles. The number of pyridine rings is 2. The molecule has 0 unspecified atom stereocenters. The molecule has 0 saturated carbocycles. The molecule has 0 saturated heterocycles. The Morgan fingerprint density at radius 1 is 0.880 bits per heavy atom. The average Bonchev–Trinajstić information content (AvgIpc) is 2.50. The van der Waals surface area contributed by atoms with Gasteiger partial charge in [-0.05, 0) is 75.1 Å². The summed E-state index contributed by atoms with van der Waals surface area (Å²) in [7, 11) is 1.64. The molecule has 25 heavy (non-hydrogen) atoms. The standard InChI is InChI=1S/2C10H15N.C2H5N/c1-7(2)10-5-9(4)11-6-8(10)3;1-7(2)10-6-5-8(3)11-9(10)4;1-3-2/h2*5-7H,1-4H3;1H2,2H3. The van der Waals surface area contributed by atoms with Crippen molar-refractivity contribution in [1.29, 1.82) is 0 Å². The molecule has 138 valence electrons. The van der Waals surface area contributed by atoms with Crippen LogP contribution in [-0.4, -0.2) is 23.7 Å². The van der Waals surface area contributed by atoms with Crippen molar-refractivity contribution in [3.05, 3.63) is 58.2 Å². The number of aryl methyl sites for hydroxylation is 4. The van der Waals surface area contributed by atoms with E-state index < -0.39 is 0 Å². The summed E-state index contributed by atoms with van der Waals surface area (Å²) in [6, 6.07) is 6.41. The first kappa shape index (κ1) is 23.0. The second kappa shape index (κ2) is 11.5. The van der Waals surface area contributed by atoms with Crippen molar-refractivity contribution >= 4 is 6.72 Å². The highest BCUT2D eigenvalue weighted by atomic mass is 14.7. The van der Waals surface area contributed by atoms with Gasteiger partial charge in [-0.25, -0.2) is 0 Å². The lowest BCUT2D eigenvalue weighted by atomic mass is 9.99. The first-order chi connectivity index (χ1) is 11.6. The fourth-order valence-corrected chi connectivity index (χ4v) is 2.58. The van der Waals surface area contributed by atoms with Crippen molar-refractivity contribution in [2.75, 3.05) is 7.05 Å². The van der Waals surface area contributed by atoms with Crippen molar-refractivity contribution in [2.24, 2.45) is 4.99 Å². The minimum absolute atomic E-state index is 0.586. The second-order valence-electron chi connectivity index (χ2n) is 6.94. The zero-order valence-electron chi connectivity index (χ0n) is 17.5. The van der Waals surface area contributed by atoms with Gasteiger partial charge in [0.2, 0.25) is 0 Å². The van der Waals surface area contributed by atoms with E-state index in [1.54, 1.807) is 7.05 Å². The van der Waals surface area contributed by atoms with Gasteiger partial charge in [0.1, 0.15) is 0 Å². The maximum absolute atomic E-state index is 4.39. The van der Waals surface area contributed by atoms with Crippen LogP contribution in [0.5, 0.6) is 0 Å². The van der Waals surface area contributed by atoms with Crippen LogP contribution in [0.4, 0.5) is 0 Å². The van der Waals surface area contributed by atoms with Crippen molar-refractivity contribution in [1.82, 2.24) is 9.97 Å². The molecule has 0 fully saturated rings. The van der Waals surface area contributed by atoms with Gasteiger partial charge in [-0.2, -0.15) is 0 Å². The van der Waals surface area contributed by atoms with Gasteiger partial charge in [-0.15, -0.1) is 0 Å². The van der Waals surface area contributed by atoms with Gasteiger partial charge in [0.05, 0.1) is 0 Å². The van der Waals surface area contributed by atoms with E-state index in [1.807, 2.05) is 20.0 Å². The summed E-state index contributed by atoms with van der Waals surface area (Å²) in [5.74, 6) is 1.19. The van der Waals surface area contributed by atoms with E-state index in [9.17, 15) is 0 Å². The van der Waals surface area contributed by atoms with Gasteiger partial charge < -0.3 is 4.99 Å². The van der Waals surface area contributed by atoms with Crippen LogP contribution in [0.2, 0.25) is 0 Å². The van der Waals surface area contributed by atoms with Gasteiger partial charge in [0.25, 0.3) is 0 Å². The summed E-state index contributed by atoms with van der Waals surface area (Å²) in [6.07, 6.45) is 1.95. The van der Waals surface area contributed by atoms with Crippen LogP contribution >= 0.6 is 0 Å². The summed E-state index contributed by atoms with van der Waals surface area (Å²) in [4.78, 5) is 11.9. The topological polar surface area (TPSA) is 38.1 Å². The van der Waals surface area contributed by atoms with Gasteiger partial charge >= 0.3 is 0 Å². The van der Waals surface area contributed by atoms with Crippen LogP contribution in [0.1, 0.15) is 73.3 Å².